The molecule has 6 nitrogen and oxygen atoms in total. The van der Waals surface area contributed by atoms with E-state index in [-0.39, 0.29) is 23.8 Å². The minimum atomic E-state index is -0.296. The highest BCUT2D eigenvalue weighted by Gasteiger charge is 2.34. The summed E-state index contributed by atoms with van der Waals surface area (Å²) in [5, 5.41) is 4.17. The first kappa shape index (κ1) is 17.2. The normalized spacial score (nSPS) is 22.8. The van der Waals surface area contributed by atoms with E-state index in [0.717, 1.165) is 49.5 Å². The Morgan fingerprint density at radius 1 is 1.23 bits per heavy atom. The second-order valence-corrected chi connectivity index (χ2v) is 7.61. The number of carbonyl (C=O) groups excluding carboxylic acids is 1. The summed E-state index contributed by atoms with van der Waals surface area (Å²) in [7, 11) is 0. The van der Waals surface area contributed by atoms with E-state index in [2.05, 4.69) is 10.1 Å². The monoisotopic (exact) mass is 354 g/mol. The summed E-state index contributed by atoms with van der Waals surface area (Å²) in [5.74, 6) is 1.98. The maximum Gasteiger partial charge on any atom is 0.229 e. The van der Waals surface area contributed by atoms with Crippen LogP contribution in [0.2, 0.25) is 0 Å². The van der Waals surface area contributed by atoms with Crippen LogP contribution in [0.1, 0.15) is 67.8 Å². The summed E-state index contributed by atoms with van der Waals surface area (Å²) in [6, 6.07) is 9.53. The fourth-order valence-corrected chi connectivity index (χ4v) is 3.70. The molecule has 1 saturated heterocycles. The highest BCUT2D eigenvalue weighted by molar-refractivity contribution is 5.79. The van der Waals surface area contributed by atoms with Crippen molar-refractivity contribution in [2.24, 2.45) is 11.7 Å². The van der Waals surface area contributed by atoms with Crippen molar-refractivity contribution in [1.82, 2.24) is 15.0 Å². The molecule has 3 unspecified atom stereocenters. The van der Waals surface area contributed by atoms with E-state index in [4.69, 9.17) is 10.3 Å². The van der Waals surface area contributed by atoms with Crippen LogP contribution in [0.4, 0.5) is 0 Å². The molecule has 1 aliphatic carbocycles. The molecule has 1 saturated carbocycles. The van der Waals surface area contributed by atoms with Gasteiger partial charge in [0.05, 0.1) is 5.92 Å². The number of carbonyl (C=O) groups is 1. The Hall–Kier alpha value is -2.21. The Kier molecular flexibility index (Phi) is 4.76. The Morgan fingerprint density at radius 2 is 2.00 bits per heavy atom. The molecular weight excluding hydrogens is 328 g/mol. The van der Waals surface area contributed by atoms with Gasteiger partial charge in [0, 0.05) is 31.0 Å². The molecule has 2 heterocycles. The van der Waals surface area contributed by atoms with Gasteiger partial charge < -0.3 is 15.2 Å². The molecule has 6 heteroatoms. The van der Waals surface area contributed by atoms with Crippen LogP contribution in [0.5, 0.6) is 0 Å². The molecule has 0 spiro atoms. The van der Waals surface area contributed by atoms with E-state index in [1.54, 1.807) is 0 Å². The van der Waals surface area contributed by atoms with Crippen LogP contribution in [0.15, 0.2) is 34.9 Å². The highest BCUT2D eigenvalue weighted by Crippen LogP contribution is 2.39. The number of piperidine rings is 1. The van der Waals surface area contributed by atoms with E-state index >= 15 is 0 Å². The lowest BCUT2D eigenvalue weighted by molar-refractivity contribution is -0.137. The maximum absolute atomic E-state index is 13.0. The quantitative estimate of drug-likeness (QED) is 0.892. The molecule has 1 aromatic heterocycles. The molecule has 0 radical (unpaired) electrons. The van der Waals surface area contributed by atoms with Crippen LogP contribution in [0.25, 0.3) is 0 Å². The molecule has 26 heavy (non-hydrogen) atoms. The van der Waals surface area contributed by atoms with Crippen LogP contribution in [-0.2, 0) is 4.79 Å². The van der Waals surface area contributed by atoms with Gasteiger partial charge in [-0.05, 0) is 31.2 Å². The molecule has 1 amide bonds. The summed E-state index contributed by atoms with van der Waals surface area (Å²) in [4.78, 5) is 19.5. The average Bonchev–Trinajstić information content (AvgIpc) is 3.43. The smallest absolute Gasteiger partial charge is 0.229 e. The van der Waals surface area contributed by atoms with Crippen molar-refractivity contribution in [3.63, 3.8) is 0 Å². The number of nitrogens with zero attached hydrogens (tertiary/aromatic N) is 3. The molecule has 2 fully saturated rings. The standard InChI is InChI=1S/C20H26N4O2/c1-13(17(21)14-6-3-2-4-7-14)20(25)24-11-5-8-16(12-24)18-22-19(26-23-18)15-9-10-15/h2-4,6-7,13,15-17H,5,8-12,21H2,1H3. The molecule has 138 valence electrons. The number of hydrogen-bond acceptors (Lipinski definition) is 5. The van der Waals surface area contributed by atoms with Crippen molar-refractivity contribution in [3.05, 3.63) is 47.6 Å². The predicted molar refractivity (Wildman–Crippen MR) is 97.4 cm³/mol. The molecule has 2 N–H and O–H groups in total. The Labute approximate surface area is 153 Å². The van der Waals surface area contributed by atoms with Crippen molar-refractivity contribution in [2.45, 2.75) is 50.5 Å². The molecule has 2 aromatic rings. The lowest BCUT2D eigenvalue weighted by Gasteiger charge is -2.34. The van der Waals surface area contributed by atoms with Crippen LogP contribution in [-0.4, -0.2) is 34.0 Å². The van der Waals surface area contributed by atoms with Crippen molar-refractivity contribution >= 4 is 5.91 Å². The largest absolute Gasteiger partial charge is 0.342 e. The highest BCUT2D eigenvalue weighted by atomic mass is 16.5. The molecule has 3 atom stereocenters. The second-order valence-electron chi connectivity index (χ2n) is 7.61. The van der Waals surface area contributed by atoms with Crippen molar-refractivity contribution in [1.29, 1.82) is 0 Å². The maximum atomic E-state index is 13.0. The number of amides is 1. The van der Waals surface area contributed by atoms with Gasteiger partial charge in [-0.1, -0.05) is 42.4 Å². The number of hydrogen-bond donors (Lipinski definition) is 1. The first-order valence-electron chi connectivity index (χ1n) is 9.56. The number of rotatable bonds is 5. The number of nitrogens with two attached hydrogens (primary N) is 1. The Balaban J connectivity index is 1.42. The van der Waals surface area contributed by atoms with E-state index in [0.29, 0.717) is 12.5 Å². The van der Waals surface area contributed by atoms with Gasteiger partial charge in [0.15, 0.2) is 5.82 Å². The van der Waals surface area contributed by atoms with Gasteiger partial charge in [0.25, 0.3) is 0 Å². The van der Waals surface area contributed by atoms with Crippen LogP contribution in [0, 0.1) is 5.92 Å². The summed E-state index contributed by atoms with van der Waals surface area (Å²) >= 11 is 0. The summed E-state index contributed by atoms with van der Waals surface area (Å²) in [5.41, 5.74) is 7.34. The van der Waals surface area contributed by atoms with Gasteiger partial charge in [0.1, 0.15) is 0 Å². The van der Waals surface area contributed by atoms with Gasteiger partial charge in [-0.25, -0.2) is 0 Å². The predicted octanol–water partition coefficient (Wildman–Crippen LogP) is 2.99. The van der Waals surface area contributed by atoms with Gasteiger partial charge in [-0.15, -0.1) is 0 Å². The number of benzene rings is 1. The van der Waals surface area contributed by atoms with Crippen molar-refractivity contribution in [2.75, 3.05) is 13.1 Å². The first-order chi connectivity index (χ1) is 12.6. The van der Waals surface area contributed by atoms with Crippen molar-refractivity contribution in [3.8, 4) is 0 Å². The fourth-order valence-electron chi connectivity index (χ4n) is 3.70. The molecule has 4 rings (SSSR count). The van der Waals surface area contributed by atoms with Crippen molar-refractivity contribution < 1.29 is 9.32 Å². The Morgan fingerprint density at radius 3 is 2.73 bits per heavy atom. The molecule has 2 aliphatic rings. The third-order valence-electron chi connectivity index (χ3n) is 5.59. The SMILES string of the molecule is CC(C(=O)N1CCCC(c2noc(C3CC3)n2)C1)C(N)c1ccccc1. The zero-order valence-electron chi connectivity index (χ0n) is 15.2. The van der Waals surface area contributed by atoms with Crippen LogP contribution < -0.4 is 5.73 Å². The zero-order chi connectivity index (χ0) is 18.1. The van der Waals surface area contributed by atoms with Crippen LogP contribution in [0.3, 0.4) is 0 Å². The molecular formula is C20H26N4O2. The van der Waals surface area contributed by atoms with E-state index in [9.17, 15) is 4.79 Å². The molecule has 1 aliphatic heterocycles. The van der Waals surface area contributed by atoms with Gasteiger partial charge in [-0.2, -0.15) is 4.98 Å². The van der Waals surface area contributed by atoms with E-state index in [1.807, 2.05) is 42.2 Å². The Bertz CT molecular complexity index is 756. The molecule has 1 aromatic carbocycles. The van der Waals surface area contributed by atoms with Crippen LogP contribution >= 0.6 is 0 Å². The van der Waals surface area contributed by atoms with E-state index < -0.39 is 0 Å². The number of aromatic nitrogens is 2. The van der Waals surface area contributed by atoms with Gasteiger partial charge in [0.2, 0.25) is 11.8 Å². The lowest BCUT2D eigenvalue weighted by atomic mass is 9.91. The third kappa shape index (κ3) is 3.51. The van der Waals surface area contributed by atoms with E-state index in [1.165, 1.54) is 0 Å². The second kappa shape index (κ2) is 7.19. The average molecular weight is 354 g/mol. The summed E-state index contributed by atoms with van der Waals surface area (Å²) < 4.78 is 5.40. The first-order valence-corrected chi connectivity index (χ1v) is 9.56. The van der Waals surface area contributed by atoms with Gasteiger partial charge >= 0.3 is 0 Å². The summed E-state index contributed by atoms with van der Waals surface area (Å²) in [6.07, 6.45) is 4.24. The third-order valence-corrected chi connectivity index (χ3v) is 5.59. The fraction of sp³-hybridized carbons (Fsp3) is 0.550. The lowest BCUT2D eigenvalue weighted by Crippen LogP contribution is -2.44. The zero-order valence-corrected chi connectivity index (χ0v) is 15.2. The van der Waals surface area contributed by atoms with Gasteiger partial charge in [-0.3, -0.25) is 4.79 Å². The summed E-state index contributed by atoms with van der Waals surface area (Å²) in [6.45, 7) is 3.34. The topological polar surface area (TPSA) is 85.2 Å². The molecule has 0 bridgehead atoms. The minimum Gasteiger partial charge on any atom is -0.342 e. The minimum absolute atomic E-state index is 0.108. The number of likely N-dealkylation sites (tertiary alicyclic amines) is 1.